The first-order valence-corrected chi connectivity index (χ1v) is 9.50. The SMILES string of the molecule is COC(=O)c1ccc(CN2CCCCC2CNS(C)(=O)=O)nc1. The lowest BCUT2D eigenvalue weighted by Crippen LogP contribution is -2.46. The van der Waals surface area contributed by atoms with Crippen molar-refractivity contribution in [3.8, 4) is 0 Å². The number of rotatable bonds is 6. The molecule has 0 spiro atoms. The van der Waals surface area contributed by atoms with Crippen molar-refractivity contribution < 1.29 is 17.9 Å². The standard InChI is InChI=1S/C15H23N3O4S/c1-22-15(19)12-6-7-13(16-9-12)11-18-8-4-3-5-14(18)10-17-23(2,20)21/h6-7,9,14,17H,3-5,8,10-11H2,1-2H3. The van der Waals surface area contributed by atoms with Crippen LogP contribution in [0.15, 0.2) is 18.3 Å². The molecule has 1 fully saturated rings. The average molecular weight is 341 g/mol. The highest BCUT2D eigenvalue weighted by Gasteiger charge is 2.23. The topological polar surface area (TPSA) is 88.6 Å². The summed E-state index contributed by atoms with van der Waals surface area (Å²) in [6, 6.07) is 3.67. The molecule has 2 rings (SSSR count). The smallest absolute Gasteiger partial charge is 0.339 e. The Bertz CT molecular complexity index is 631. The fraction of sp³-hybridized carbons (Fsp3) is 0.600. The third-order valence-electron chi connectivity index (χ3n) is 3.94. The molecule has 1 aliphatic heterocycles. The third kappa shape index (κ3) is 5.56. The van der Waals surface area contributed by atoms with Crippen LogP contribution in [0.4, 0.5) is 0 Å². The fourth-order valence-corrected chi connectivity index (χ4v) is 3.21. The largest absolute Gasteiger partial charge is 0.465 e. The van der Waals surface area contributed by atoms with Gasteiger partial charge in [0.05, 0.1) is 24.6 Å². The molecular weight excluding hydrogens is 318 g/mol. The summed E-state index contributed by atoms with van der Waals surface area (Å²) in [5.41, 5.74) is 1.27. The van der Waals surface area contributed by atoms with Crippen LogP contribution in [0.25, 0.3) is 0 Å². The number of sulfonamides is 1. The molecule has 8 heteroatoms. The summed E-state index contributed by atoms with van der Waals surface area (Å²) in [6.45, 7) is 1.97. The molecule has 1 aromatic heterocycles. The van der Waals surface area contributed by atoms with E-state index in [1.54, 1.807) is 6.07 Å². The number of ether oxygens (including phenoxy) is 1. The van der Waals surface area contributed by atoms with E-state index in [1.165, 1.54) is 19.6 Å². The first kappa shape index (κ1) is 17.8. The van der Waals surface area contributed by atoms with Crippen LogP contribution in [0, 0.1) is 0 Å². The van der Waals surface area contributed by atoms with Gasteiger partial charge in [-0.1, -0.05) is 6.42 Å². The van der Waals surface area contributed by atoms with Crippen LogP contribution < -0.4 is 4.72 Å². The van der Waals surface area contributed by atoms with Gasteiger partial charge in [0, 0.05) is 25.3 Å². The first-order chi connectivity index (χ1) is 10.9. The van der Waals surface area contributed by atoms with Gasteiger partial charge < -0.3 is 4.74 Å². The van der Waals surface area contributed by atoms with Gasteiger partial charge in [-0.15, -0.1) is 0 Å². The molecule has 1 N–H and O–H groups in total. The maximum Gasteiger partial charge on any atom is 0.339 e. The van der Waals surface area contributed by atoms with Gasteiger partial charge in [-0.25, -0.2) is 17.9 Å². The number of piperidine rings is 1. The number of likely N-dealkylation sites (tertiary alicyclic amines) is 1. The van der Waals surface area contributed by atoms with Crippen molar-refractivity contribution in [1.29, 1.82) is 0 Å². The number of nitrogens with one attached hydrogen (secondary N) is 1. The lowest BCUT2D eigenvalue weighted by Gasteiger charge is -2.35. The van der Waals surface area contributed by atoms with Crippen LogP contribution in [-0.2, 0) is 21.3 Å². The summed E-state index contributed by atoms with van der Waals surface area (Å²) in [5.74, 6) is -0.405. The number of nitrogens with zero attached hydrogens (tertiary/aromatic N) is 2. The number of methoxy groups -OCH3 is 1. The van der Waals surface area contributed by atoms with Gasteiger partial charge in [0.2, 0.25) is 10.0 Å². The second-order valence-electron chi connectivity index (χ2n) is 5.77. The number of esters is 1. The van der Waals surface area contributed by atoms with Gasteiger partial charge in [0.15, 0.2) is 0 Å². The lowest BCUT2D eigenvalue weighted by atomic mass is 10.0. The van der Waals surface area contributed by atoms with Crippen molar-refractivity contribution in [1.82, 2.24) is 14.6 Å². The third-order valence-corrected chi connectivity index (χ3v) is 4.63. The minimum Gasteiger partial charge on any atom is -0.465 e. The molecule has 1 aromatic rings. The zero-order valence-corrected chi connectivity index (χ0v) is 14.3. The molecule has 0 amide bonds. The second kappa shape index (κ2) is 7.85. The summed E-state index contributed by atoms with van der Waals surface area (Å²) >= 11 is 0. The van der Waals surface area contributed by atoms with E-state index < -0.39 is 16.0 Å². The maximum absolute atomic E-state index is 11.4. The molecule has 0 bridgehead atoms. The zero-order valence-electron chi connectivity index (χ0n) is 13.5. The van der Waals surface area contributed by atoms with E-state index in [0.29, 0.717) is 18.7 Å². The molecular formula is C15H23N3O4S. The van der Waals surface area contributed by atoms with E-state index in [4.69, 9.17) is 0 Å². The average Bonchev–Trinajstić information content (AvgIpc) is 2.53. The summed E-state index contributed by atoms with van der Waals surface area (Å²) in [4.78, 5) is 18.0. The Morgan fingerprint density at radius 1 is 1.43 bits per heavy atom. The number of hydrogen-bond donors (Lipinski definition) is 1. The van der Waals surface area contributed by atoms with E-state index in [1.807, 2.05) is 6.07 Å². The van der Waals surface area contributed by atoms with Crippen LogP contribution >= 0.6 is 0 Å². The van der Waals surface area contributed by atoms with Gasteiger partial charge in [-0.3, -0.25) is 9.88 Å². The Kier molecular flexibility index (Phi) is 6.09. The molecule has 1 unspecified atom stereocenters. The monoisotopic (exact) mass is 341 g/mol. The molecule has 2 heterocycles. The Hall–Kier alpha value is -1.51. The number of hydrogen-bond acceptors (Lipinski definition) is 6. The van der Waals surface area contributed by atoms with Gasteiger partial charge in [-0.2, -0.15) is 0 Å². The molecule has 23 heavy (non-hydrogen) atoms. The number of carbonyl (C=O) groups excluding carboxylic acids is 1. The molecule has 1 saturated heterocycles. The maximum atomic E-state index is 11.4. The first-order valence-electron chi connectivity index (χ1n) is 7.61. The summed E-state index contributed by atoms with van der Waals surface area (Å²) in [5, 5.41) is 0. The molecule has 1 aliphatic rings. The normalized spacial score (nSPS) is 19.5. The van der Waals surface area contributed by atoms with Crippen molar-refractivity contribution in [2.75, 3.05) is 26.5 Å². The predicted molar refractivity (Wildman–Crippen MR) is 86.5 cm³/mol. The zero-order chi connectivity index (χ0) is 16.9. The van der Waals surface area contributed by atoms with Gasteiger partial charge in [-0.05, 0) is 31.5 Å². The van der Waals surface area contributed by atoms with Crippen LogP contribution in [0.5, 0.6) is 0 Å². The Morgan fingerprint density at radius 2 is 2.22 bits per heavy atom. The Balaban J connectivity index is 1.99. The molecule has 7 nitrogen and oxygen atoms in total. The molecule has 0 aliphatic carbocycles. The van der Waals surface area contributed by atoms with Crippen molar-refractivity contribution in [3.63, 3.8) is 0 Å². The Labute approximate surface area is 137 Å². The van der Waals surface area contributed by atoms with Crippen molar-refractivity contribution in [3.05, 3.63) is 29.6 Å². The van der Waals surface area contributed by atoms with Gasteiger partial charge in [0.1, 0.15) is 0 Å². The van der Waals surface area contributed by atoms with E-state index >= 15 is 0 Å². The lowest BCUT2D eigenvalue weighted by molar-refractivity contribution is 0.0600. The molecule has 128 valence electrons. The summed E-state index contributed by atoms with van der Waals surface area (Å²) < 4.78 is 29.8. The van der Waals surface area contributed by atoms with Gasteiger partial charge >= 0.3 is 5.97 Å². The molecule has 1 atom stereocenters. The fourth-order valence-electron chi connectivity index (χ4n) is 2.71. The number of aromatic nitrogens is 1. The van der Waals surface area contributed by atoms with E-state index in [0.717, 1.165) is 31.5 Å². The van der Waals surface area contributed by atoms with E-state index in [2.05, 4.69) is 19.3 Å². The second-order valence-corrected chi connectivity index (χ2v) is 7.60. The van der Waals surface area contributed by atoms with Crippen molar-refractivity contribution in [2.24, 2.45) is 0 Å². The van der Waals surface area contributed by atoms with Crippen LogP contribution in [0.3, 0.4) is 0 Å². The van der Waals surface area contributed by atoms with Crippen LogP contribution in [-0.4, -0.2) is 56.8 Å². The molecule has 0 saturated carbocycles. The van der Waals surface area contributed by atoms with Crippen molar-refractivity contribution >= 4 is 16.0 Å². The molecule has 0 radical (unpaired) electrons. The highest BCUT2D eigenvalue weighted by atomic mass is 32.2. The van der Waals surface area contributed by atoms with Crippen LogP contribution in [0.1, 0.15) is 35.3 Å². The number of pyridine rings is 1. The van der Waals surface area contributed by atoms with Crippen molar-refractivity contribution in [2.45, 2.75) is 31.8 Å². The summed E-state index contributed by atoms with van der Waals surface area (Å²) in [7, 11) is -1.84. The van der Waals surface area contributed by atoms with Crippen LogP contribution in [0.2, 0.25) is 0 Å². The van der Waals surface area contributed by atoms with E-state index in [9.17, 15) is 13.2 Å². The van der Waals surface area contributed by atoms with Gasteiger partial charge in [0.25, 0.3) is 0 Å². The quantitative estimate of drug-likeness (QED) is 0.769. The number of carbonyl (C=O) groups is 1. The predicted octanol–water partition coefficient (Wildman–Crippen LogP) is 0.772. The minimum atomic E-state index is -3.18. The highest BCUT2D eigenvalue weighted by molar-refractivity contribution is 7.88. The molecule has 0 aromatic carbocycles. The summed E-state index contributed by atoms with van der Waals surface area (Å²) in [6.07, 6.45) is 5.84. The van der Waals surface area contributed by atoms with E-state index in [-0.39, 0.29) is 6.04 Å². The minimum absolute atomic E-state index is 0.167. The Morgan fingerprint density at radius 3 is 2.83 bits per heavy atom. The highest BCUT2D eigenvalue weighted by Crippen LogP contribution is 2.19.